The molecule has 0 aliphatic carbocycles. The van der Waals surface area contributed by atoms with Crippen molar-refractivity contribution in [2.45, 2.75) is 26.2 Å². The molecule has 0 unspecified atom stereocenters. The zero-order valence-corrected chi connectivity index (χ0v) is 11.4. The highest BCUT2D eigenvalue weighted by atomic mass is 16.2. The number of aromatic nitrogens is 2. The molecule has 1 aliphatic heterocycles. The molecular formula is C13H22N4O. The van der Waals surface area contributed by atoms with Gasteiger partial charge in [0.2, 0.25) is 0 Å². The summed E-state index contributed by atoms with van der Waals surface area (Å²) in [4.78, 5) is 14.4. The lowest BCUT2D eigenvalue weighted by molar-refractivity contribution is 0.0755. The average Bonchev–Trinajstić information content (AvgIpc) is 2.57. The van der Waals surface area contributed by atoms with E-state index in [2.05, 4.69) is 24.3 Å². The van der Waals surface area contributed by atoms with Gasteiger partial charge in [-0.2, -0.15) is 5.10 Å². The summed E-state index contributed by atoms with van der Waals surface area (Å²) in [6, 6.07) is 1.92. The second-order valence-electron chi connectivity index (χ2n) is 5.13. The van der Waals surface area contributed by atoms with Crippen LogP contribution < -0.4 is 5.32 Å². The van der Waals surface area contributed by atoms with E-state index in [9.17, 15) is 4.79 Å². The Bertz CT molecular complexity index is 417. The third-order valence-electron chi connectivity index (χ3n) is 3.34. The Labute approximate surface area is 108 Å². The van der Waals surface area contributed by atoms with E-state index < -0.39 is 0 Å². The van der Waals surface area contributed by atoms with Gasteiger partial charge in [-0.25, -0.2) is 0 Å². The fourth-order valence-corrected chi connectivity index (χ4v) is 2.18. The largest absolute Gasteiger partial charge is 0.336 e. The van der Waals surface area contributed by atoms with Crippen LogP contribution >= 0.6 is 0 Å². The first-order chi connectivity index (χ1) is 8.59. The predicted octanol–water partition coefficient (Wildman–Crippen LogP) is 0.979. The lowest BCUT2D eigenvalue weighted by atomic mass is 10.1. The van der Waals surface area contributed by atoms with Crippen LogP contribution in [0.2, 0.25) is 0 Å². The second-order valence-corrected chi connectivity index (χ2v) is 5.13. The highest BCUT2D eigenvalue weighted by Crippen LogP contribution is 2.15. The molecule has 0 aromatic carbocycles. The van der Waals surface area contributed by atoms with Gasteiger partial charge in [-0.15, -0.1) is 0 Å². The number of carbonyl (C=O) groups excluding carboxylic acids is 1. The van der Waals surface area contributed by atoms with E-state index in [1.54, 1.807) is 4.68 Å². The summed E-state index contributed by atoms with van der Waals surface area (Å²) in [6.45, 7) is 7.65. The van der Waals surface area contributed by atoms with Crippen LogP contribution in [0, 0.1) is 0 Å². The average molecular weight is 250 g/mol. The molecule has 1 fully saturated rings. The predicted molar refractivity (Wildman–Crippen MR) is 70.7 cm³/mol. The van der Waals surface area contributed by atoms with Crippen LogP contribution in [0.25, 0.3) is 0 Å². The van der Waals surface area contributed by atoms with Crippen molar-refractivity contribution in [3.63, 3.8) is 0 Å². The molecule has 0 saturated carbocycles. The molecule has 18 heavy (non-hydrogen) atoms. The van der Waals surface area contributed by atoms with Gasteiger partial charge in [-0.1, -0.05) is 13.8 Å². The normalized spacial score (nSPS) is 17.0. The Morgan fingerprint density at radius 1 is 1.39 bits per heavy atom. The summed E-state index contributed by atoms with van der Waals surface area (Å²) in [5.74, 6) is 0.448. The van der Waals surface area contributed by atoms with E-state index in [0.717, 1.165) is 38.3 Å². The van der Waals surface area contributed by atoms with Crippen LogP contribution in [-0.4, -0.2) is 46.8 Å². The number of rotatable bonds is 2. The van der Waals surface area contributed by atoms with Crippen molar-refractivity contribution in [3.8, 4) is 0 Å². The van der Waals surface area contributed by atoms with Gasteiger partial charge in [-0.3, -0.25) is 9.48 Å². The molecule has 0 atom stereocenters. The molecule has 1 N–H and O–H groups in total. The third kappa shape index (κ3) is 2.72. The number of nitrogens with one attached hydrogen (secondary N) is 1. The summed E-state index contributed by atoms with van der Waals surface area (Å²) < 4.78 is 1.70. The monoisotopic (exact) mass is 250 g/mol. The topological polar surface area (TPSA) is 50.2 Å². The SMILES string of the molecule is CC(C)c1cc(C(=O)N2CCCNCC2)n(C)n1. The Morgan fingerprint density at radius 3 is 2.83 bits per heavy atom. The van der Waals surface area contributed by atoms with Crippen molar-refractivity contribution in [3.05, 3.63) is 17.5 Å². The van der Waals surface area contributed by atoms with E-state index in [0.29, 0.717) is 11.6 Å². The number of aryl methyl sites for hydroxylation is 1. The Kier molecular flexibility index (Phi) is 4.01. The minimum atomic E-state index is 0.0978. The van der Waals surface area contributed by atoms with Gasteiger partial charge in [0.1, 0.15) is 5.69 Å². The minimum absolute atomic E-state index is 0.0978. The number of hydrogen-bond donors (Lipinski definition) is 1. The van der Waals surface area contributed by atoms with Crippen molar-refractivity contribution < 1.29 is 4.79 Å². The molecule has 5 nitrogen and oxygen atoms in total. The standard InChI is InChI=1S/C13H22N4O/c1-10(2)11-9-12(16(3)15-11)13(18)17-7-4-5-14-6-8-17/h9-10,14H,4-8H2,1-3H3. The minimum Gasteiger partial charge on any atom is -0.336 e. The Morgan fingerprint density at radius 2 is 2.17 bits per heavy atom. The fraction of sp³-hybridized carbons (Fsp3) is 0.692. The number of nitrogens with zero attached hydrogens (tertiary/aromatic N) is 3. The first-order valence-corrected chi connectivity index (χ1v) is 6.63. The van der Waals surface area contributed by atoms with Gasteiger partial charge in [0.25, 0.3) is 5.91 Å². The van der Waals surface area contributed by atoms with Gasteiger partial charge in [-0.05, 0) is 24.9 Å². The Balaban J connectivity index is 2.16. The number of carbonyl (C=O) groups is 1. The molecule has 0 radical (unpaired) electrons. The van der Waals surface area contributed by atoms with E-state index in [1.807, 2.05) is 18.0 Å². The van der Waals surface area contributed by atoms with Crippen LogP contribution in [0.4, 0.5) is 0 Å². The van der Waals surface area contributed by atoms with Crippen LogP contribution in [0.15, 0.2) is 6.07 Å². The van der Waals surface area contributed by atoms with Crippen molar-refractivity contribution in [2.75, 3.05) is 26.2 Å². The van der Waals surface area contributed by atoms with Crippen LogP contribution in [0.5, 0.6) is 0 Å². The second kappa shape index (κ2) is 5.52. The summed E-state index contributed by atoms with van der Waals surface area (Å²) >= 11 is 0. The zero-order valence-electron chi connectivity index (χ0n) is 11.4. The van der Waals surface area contributed by atoms with Gasteiger partial charge < -0.3 is 10.2 Å². The molecule has 1 aromatic rings. The molecule has 2 rings (SSSR count). The first-order valence-electron chi connectivity index (χ1n) is 6.63. The van der Waals surface area contributed by atoms with Gasteiger partial charge in [0.15, 0.2) is 0 Å². The highest BCUT2D eigenvalue weighted by Gasteiger charge is 2.21. The summed E-state index contributed by atoms with van der Waals surface area (Å²) in [5, 5.41) is 7.71. The van der Waals surface area contributed by atoms with Crippen LogP contribution in [0.1, 0.15) is 42.4 Å². The summed E-state index contributed by atoms with van der Waals surface area (Å²) in [7, 11) is 1.84. The zero-order chi connectivity index (χ0) is 13.1. The lowest BCUT2D eigenvalue weighted by Gasteiger charge is -2.19. The van der Waals surface area contributed by atoms with Crippen LogP contribution in [-0.2, 0) is 7.05 Å². The summed E-state index contributed by atoms with van der Waals surface area (Å²) in [5.41, 5.74) is 1.68. The maximum atomic E-state index is 12.4. The van der Waals surface area contributed by atoms with Crippen molar-refractivity contribution in [1.82, 2.24) is 20.0 Å². The molecule has 0 bridgehead atoms. The molecule has 1 saturated heterocycles. The maximum absolute atomic E-state index is 12.4. The first kappa shape index (κ1) is 13.1. The molecule has 1 aliphatic rings. The quantitative estimate of drug-likeness (QED) is 0.851. The number of hydrogen-bond acceptors (Lipinski definition) is 3. The lowest BCUT2D eigenvalue weighted by Crippen LogP contribution is -2.35. The van der Waals surface area contributed by atoms with E-state index in [4.69, 9.17) is 0 Å². The summed E-state index contributed by atoms with van der Waals surface area (Å²) in [6.07, 6.45) is 1.01. The highest BCUT2D eigenvalue weighted by molar-refractivity contribution is 5.92. The molecule has 0 spiro atoms. The van der Waals surface area contributed by atoms with Crippen molar-refractivity contribution in [2.24, 2.45) is 7.05 Å². The molecule has 5 heteroatoms. The van der Waals surface area contributed by atoms with E-state index in [1.165, 1.54) is 0 Å². The molecule has 1 amide bonds. The van der Waals surface area contributed by atoms with Gasteiger partial charge in [0, 0.05) is 26.7 Å². The van der Waals surface area contributed by atoms with Crippen molar-refractivity contribution >= 4 is 5.91 Å². The van der Waals surface area contributed by atoms with E-state index >= 15 is 0 Å². The molecule has 2 heterocycles. The maximum Gasteiger partial charge on any atom is 0.272 e. The Hall–Kier alpha value is -1.36. The number of amides is 1. The third-order valence-corrected chi connectivity index (χ3v) is 3.34. The van der Waals surface area contributed by atoms with Crippen LogP contribution in [0.3, 0.4) is 0 Å². The smallest absolute Gasteiger partial charge is 0.272 e. The fourth-order valence-electron chi connectivity index (χ4n) is 2.18. The molecular weight excluding hydrogens is 228 g/mol. The van der Waals surface area contributed by atoms with E-state index in [-0.39, 0.29) is 5.91 Å². The van der Waals surface area contributed by atoms with Gasteiger partial charge in [0.05, 0.1) is 5.69 Å². The molecule has 100 valence electrons. The van der Waals surface area contributed by atoms with Gasteiger partial charge >= 0.3 is 0 Å². The van der Waals surface area contributed by atoms with Crippen molar-refractivity contribution in [1.29, 1.82) is 0 Å². The molecule has 1 aromatic heterocycles.